The van der Waals surface area contributed by atoms with Gasteiger partial charge >= 0.3 is 0 Å². The molecule has 78 valence electrons. The van der Waals surface area contributed by atoms with Crippen molar-refractivity contribution in [3.8, 4) is 0 Å². The smallest absolute Gasteiger partial charge is 0.206 e. The van der Waals surface area contributed by atoms with Gasteiger partial charge < -0.3 is 0 Å². The Morgan fingerprint density at radius 1 is 0.625 bits per heavy atom. The molecule has 16 heavy (non-hydrogen) atoms. The summed E-state index contributed by atoms with van der Waals surface area (Å²) < 4.78 is 24.1. The van der Waals surface area contributed by atoms with Gasteiger partial charge in [0.15, 0.2) is 0 Å². The molecule has 2 aromatic rings. The summed E-state index contributed by atoms with van der Waals surface area (Å²) >= 11 is 0. The van der Waals surface area contributed by atoms with E-state index < -0.39 is 9.84 Å². The van der Waals surface area contributed by atoms with Crippen LogP contribution in [0.2, 0.25) is 0 Å². The minimum Gasteiger partial charge on any atom is -0.219 e. The molecule has 2 rings (SSSR count). The van der Waals surface area contributed by atoms with Gasteiger partial charge in [0, 0.05) is 19.5 Å². The molecule has 0 fully saturated rings. The van der Waals surface area contributed by atoms with Gasteiger partial charge in [-0.05, 0) is 24.3 Å². The summed E-state index contributed by atoms with van der Waals surface area (Å²) in [4.78, 5) is 0.660. The molecule has 0 bridgehead atoms. The van der Waals surface area contributed by atoms with Crippen molar-refractivity contribution >= 4 is 9.84 Å². The summed E-state index contributed by atoms with van der Waals surface area (Å²) in [6.07, 6.45) is 0. The van der Waals surface area contributed by atoms with E-state index in [1.807, 2.05) is 0 Å². The van der Waals surface area contributed by atoms with Crippen LogP contribution < -0.4 is 0 Å². The van der Waals surface area contributed by atoms with Gasteiger partial charge in [-0.3, -0.25) is 0 Å². The monoisotopic (exact) mass is 282 g/mol. The van der Waals surface area contributed by atoms with Gasteiger partial charge in [0.1, 0.15) is 0 Å². The Balaban J connectivity index is 0.00000128. The molecule has 0 N–H and O–H groups in total. The summed E-state index contributed by atoms with van der Waals surface area (Å²) in [6, 6.07) is 16.9. The van der Waals surface area contributed by atoms with Crippen LogP contribution in [-0.4, -0.2) is 8.42 Å². The van der Waals surface area contributed by atoms with E-state index in [1.165, 1.54) is 0 Å². The van der Waals surface area contributed by atoms with Crippen LogP contribution in [0.3, 0.4) is 0 Å². The second-order valence-corrected chi connectivity index (χ2v) is 5.08. The van der Waals surface area contributed by atoms with E-state index in [2.05, 4.69) is 0 Å². The Kier molecular flexibility index (Phi) is 4.39. The van der Waals surface area contributed by atoms with Crippen molar-refractivity contribution in [2.45, 2.75) is 9.79 Å². The third-order valence-electron chi connectivity index (χ3n) is 2.11. The van der Waals surface area contributed by atoms with Crippen molar-refractivity contribution in [3.05, 3.63) is 60.7 Å². The molecule has 0 atom stereocenters. The summed E-state index contributed by atoms with van der Waals surface area (Å²) in [7, 11) is -3.34. The van der Waals surface area contributed by atoms with Crippen molar-refractivity contribution < 1.29 is 27.9 Å². The number of hydrogen-bond acceptors (Lipinski definition) is 2. The summed E-state index contributed by atoms with van der Waals surface area (Å²) in [5.41, 5.74) is 0. The molecule has 0 aromatic heterocycles. The van der Waals surface area contributed by atoms with Gasteiger partial charge in [0.05, 0.1) is 9.79 Å². The molecule has 0 radical (unpaired) electrons. The predicted octanol–water partition coefficient (Wildman–Crippen LogP) is 2.52. The first-order chi connectivity index (χ1) is 7.21. The third-order valence-corrected chi connectivity index (χ3v) is 3.89. The molecule has 0 saturated heterocycles. The topological polar surface area (TPSA) is 34.1 Å². The Bertz CT molecular complexity index is 490. The average Bonchev–Trinajstić information content (AvgIpc) is 2.31. The zero-order valence-corrected chi connectivity index (χ0v) is 12.5. The van der Waals surface area contributed by atoms with Gasteiger partial charge in [0.2, 0.25) is 9.84 Å². The molecule has 0 aliphatic carbocycles. The molecule has 0 amide bonds. The van der Waals surface area contributed by atoms with Crippen LogP contribution in [0.5, 0.6) is 0 Å². The van der Waals surface area contributed by atoms with E-state index in [1.54, 1.807) is 60.7 Å². The summed E-state index contributed by atoms with van der Waals surface area (Å²) in [6.45, 7) is 0. The first-order valence-electron chi connectivity index (χ1n) is 4.56. The van der Waals surface area contributed by atoms with Crippen LogP contribution >= 0.6 is 0 Å². The fourth-order valence-electron chi connectivity index (χ4n) is 1.34. The molecule has 0 unspecified atom stereocenters. The maximum atomic E-state index is 12.0. The molecule has 0 saturated carbocycles. The minimum absolute atomic E-state index is 0. The second-order valence-electron chi connectivity index (χ2n) is 3.13. The van der Waals surface area contributed by atoms with E-state index in [0.29, 0.717) is 9.79 Å². The van der Waals surface area contributed by atoms with Crippen molar-refractivity contribution in [2.75, 3.05) is 0 Å². The number of sulfone groups is 1. The molecule has 0 aliphatic rings. The van der Waals surface area contributed by atoms with Crippen molar-refractivity contribution in [1.82, 2.24) is 0 Å². The Morgan fingerprint density at radius 2 is 0.938 bits per heavy atom. The van der Waals surface area contributed by atoms with Gasteiger partial charge in [-0.2, -0.15) is 0 Å². The maximum Gasteiger partial charge on any atom is 0.206 e. The zero-order valence-electron chi connectivity index (χ0n) is 8.71. The normalized spacial score (nSPS) is 10.5. The van der Waals surface area contributed by atoms with Crippen LogP contribution in [0.25, 0.3) is 0 Å². The zero-order chi connectivity index (χ0) is 10.7. The molecule has 2 aromatic carbocycles. The molecular formula is C12H10O2SZn. The maximum absolute atomic E-state index is 12.0. The molecular weight excluding hydrogens is 274 g/mol. The molecule has 0 spiro atoms. The first-order valence-corrected chi connectivity index (χ1v) is 6.05. The van der Waals surface area contributed by atoms with E-state index in [9.17, 15) is 8.42 Å². The van der Waals surface area contributed by atoms with Gasteiger partial charge in [-0.1, -0.05) is 36.4 Å². The fourth-order valence-corrected chi connectivity index (χ4v) is 2.64. The van der Waals surface area contributed by atoms with E-state index in [-0.39, 0.29) is 19.5 Å². The standard InChI is InChI=1S/C12H10O2S.Zn/c13-15(14,11-7-3-1-4-8-11)12-9-5-2-6-10-12;/h1-10H;. The molecule has 4 heteroatoms. The van der Waals surface area contributed by atoms with E-state index in [0.717, 1.165) is 0 Å². The van der Waals surface area contributed by atoms with E-state index in [4.69, 9.17) is 0 Å². The second kappa shape index (κ2) is 5.37. The first kappa shape index (κ1) is 13.1. The van der Waals surface area contributed by atoms with Gasteiger partial charge in [-0.15, -0.1) is 0 Å². The minimum atomic E-state index is -3.34. The molecule has 0 heterocycles. The quantitative estimate of drug-likeness (QED) is 0.794. The Morgan fingerprint density at radius 3 is 1.25 bits per heavy atom. The van der Waals surface area contributed by atoms with Crippen LogP contribution in [0.4, 0.5) is 0 Å². The Labute approximate surface area is 108 Å². The van der Waals surface area contributed by atoms with Crippen molar-refractivity contribution in [3.63, 3.8) is 0 Å². The van der Waals surface area contributed by atoms with Gasteiger partial charge in [0.25, 0.3) is 0 Å². The third kappa shape index (κ3) is 2.57. The van der Waals surface area contributed by atoms with Crippen molar-refractivity contribution in [1.29, 1.82) is 0 Å². The van der Waals surface area contributed by atoms with Crippen LogP contribution in [-0.2, 0) is 29.3 Å². The number of benzene rings is 2. The van der Waals surface area contributed by atoms with E-state index >= 15 is 0 Å². The average molecular weight is 284 g/mol. The van der Waals surface area contributed by atoms with Crippen LogP contribution in [0.15, 0.2) is 70.5 Å². The summed E-state index contributed by atoms with van der Waals surface area (Å²) in [5, 5.41) is 0. The fraction of sp³-hybridized carbons (Fsp3) is 0. The van der Waals surface area contributed by atoms with Crippen molar-refractivity contribution in [2.24, 2.45) is 0 Å². The summed E-state index contributed by atoms with van der Waals surface area (Å²) in [5.74, 6) is 0. The number of rotatable bonds is 2. The SMILES string of the molecule is O=S(=O)(c1ccccc1)c1ccccc1.[Zn]. The van der Waals surface area contributed by atoms with Crippen LogP contribution in [0.1, 0.15) is 0 Å². The van der Waals surface area contributed by atoms with Crippen LogP contribution in [0, 0.1) is 0 Å². The largest absolute Gasteiger partial charge is 0.219 e. The van der Waals surface area contributed by atoms with Gasteiger partial charge in [-0.25, -0.2) is 8.42 Å². The number of hydrogen-bond donors (Lipinski definition) is 0. The molecule has 2 nitrogen and oxygen atoms in total. The Hall–Kier alpha value is -0.987. The predicted molar refractivity (Wildman–Crippen MR) is 58.3 cm³/mol. The molecule has 0 aliphatic heterocycles.